The lowest BCUT2D eigenvalue weighted by atomic mass is 9.80. The van der Waals surface area contributed by atoms with Gasteiger partial charge in [-0.15, -0.1) is 0 Å². The third-order valence-electron chi connectivity index (χ3n) is 7.30. The van der Waals surface area contributed by atoms with Gasteiger partial charge in [0.1, 0.15) is 5.82 Å². The smallest absolute Gasteiger partial charge is 0.251 e. The first kappa shape index (κ1) is 23.4. The van der Waals surface area contributed by atoms with Crippen LogP contribution in [0.25, 0.3) is 33.0 Å². The third-order valence-corrected chi connectivity index (χ3v) is 8.37. The Morgan fingerprint density at radius 1 is 0.917 bits per heavy atom. The van der Waals surface area contributed by atoms with Gasteiger partial charge in [0.2, 0.25) is 0 Å². The molecule has 1 unspecified atom stereocenters. The summed E-state index contributed by atoms with van der Waals surface area (Å²) in [6.45, 7) is 4.80. The largest absolute Gasteiger partial charge is 0.352 e. The molecule has 1 aliphatic carbocycles. The highest BCUT2D eigenvalue weighted by Gasteiger charge is 2.27. The molecule has 2 aliphatic rings. The van der Waals surface area contributed by atoms with Gasteiger partial charge in [-0.3, -0.25) is 9.69 Å². The number of nitrogens with one attached hydrogen (secondary N) is 1. The Morgan fingerprint density at radius 2 is 1.69 bits per heavy atom. The van der Waals surface area contributed by atoms with Gasteiger partial charge in [0.05, 0.1) is 4.05 Å². The fourth-order valence-electron chi connectivity index (χ4n) is 5.36. The second kappa shape index (κ2) is 10.2. The maximum Gasteiger partial charge on any atom is 0.251 e. The van der Waals surface area contributed by atoms with Crippen molar-refractivity contribution in [1.82, 2.24) is 15.2 Å². The van der Waals surface area contributed by atoms with Crippen LogP contribution in [0.1, 0.15) is 23.2 Å². The molecule has 2 heterocycles. The summed E-state index contributed by atoms with van der Waals surface area (Å²) in [4.78, 5) is 22.4. The lowest BCUT2D eigenvalue weighted by molar-refractivity contribution is 0.0952. The van der Waals surface area contributed by atoms with Crippen molar-refractivity contribution in [3.05, 3.63) is 84.6 Å². The Bertz CT molecular complexity index is 1420. The van der Waals surface area contributed by atoms with Gasteiger partial charge in [0, 0.05) is 43.3 Å². The predicted octanol–water partition coefficient (Wildman–Crippen LogP) is 5.98. The van der Waals surface area contributed by atoms with Crippen LogP contribution in [0.4, 0.5) is 5.82 Å². The molecule has 0 bridgehead atoms. The Morgan fingerprint density at radius 3 is 2.56 bits per heavy atom. The van der Waals surface area contributed by atoms with E-state index in [0.717, 1.165) is 50.4 Å². The van der Waals surface area contributed by atoms with E-state index < -0.39 is 0 Å². The van der Waals surface area contributed by atoms with E-state index >= 15 is 0 Å². The summed E-state index contributed by atoms with van der Waals surface area (Å²) in [5, 5.41) is 5.58. The first-order valence-electron chi connectivity index (χ1n) is 12.7. The van der Waals surface area contributed by atoms with Gasteiger partial charge >= 0.3 is 0 Å². The quantitative estimate of drug-likeness (QED) is 0.110. The number of unbranched alkanes of at least 4 members (excludes halogenated alkanes) is 1. The van der Waals surface area contributed by atoms with E-state index in [0.29, 0.717) is 10.6 Å². The van der Waals surface area contributed by atoms with Crippen LogP contribution in [0.3, 0.4) is 0 Å². The molecule has 5 nitrogen and oxygen atoms in total. The fraction of sp³-hybridized carbons (Fsp3) is 0.267. The van der Waals surface area contributed by atoms with E-state index in [4.69, 9.17) is 4.98 Å². The zero-order valence-corrected chi connectivity index (χ0v) is 22.3. The normalized spacial score (nSPS) is 16.8. The van der Waals surface area contributed by atoms with Crippen LogP contribution >= 0.6 is 22.6 Å². The average molecular weight is 588 g/mol. The molecular formula is C30H29IN4O. The summed E-state index contributed by atoms with van der Waals surface area (Å²) >= 11 is 2.55. The first-order chi connectivity index (χ1) is 17.7. The number of hydrogen-bond acceptors (Lipinski definition) is 4. The van der Waals surface area contributed by atoms with Gasteiger partial charge in [-0.05, 0) is 65.2 Å². The SMILES string of the molecule is O=C(NCCCCN1CCN(c2nccc3ccccc23)C(I)C1)c1ccc2c(c1)-c1ccccc1-2. The average Bonchev–Trinajstić information content (AvgIpc) is 2.91. The molecule has 0 spiro atoms. The lowest BCUT2D eigenvalue weighted by Gasteiger charge is -2.40. The van der Waals surface area contributed by atoms with Crippen molar-refractivity contribution in [2.24, 2.45) is 0 Å². The molecule has 1 saturated heterocycles. The molecular weight excluding hydrogens is 559 g/mol. The van der Waals surface area contributed by atoms with Gasteiger partial charge in [-0.2, -0.15) is 0 Å². The molecule has 4 aromatic rings. The third kappa shape index (κ3) is 4.48. The molecule has 1 amide bonds. The number of rotatable bonds is 7. The molecule has 1 aromatic heterocycles. The topological polar surface area (TPSA) is 48.5 Å². The Kier molecular flexibility index (Phi) is 6.63. The van der Waals surface area contributed by atoms with Crippen molar-refractivity contribution in [3.8, 4) is 22.3 Å². The van der Waals surface area contributed by atoms with Crippen molar-refractivity contribution >= 4 is 45.1 Å². The molecule has 0 saturated carbocycles. The maximum atomic E-state index is 12.7. The van der Waals surface area contributed by atoms with Gasteiger partial charge in [-0.1, -0.05) is 77.2 Å². The molecule has 1 atom stereocenters. The molecule has 3 aromatic carbocycles. The number of carbonyl (C=O) groups excluding carboxylic acids is 1. The Labute approximate surface area is 225 Å². The van der Waals surface area contributed by atoms with Crippen LogP contribution in [-0.2, 0) is 0 Å². The number of alkyl halides is 1. The zero-order valence-electron chi connectivity index (χ0n) is 20.2. The van der Waals surface area contributed by atoms with Gasteiger partial charge in [0.25, 0.3) is 5.91 Å². The van der Waals surface area contributed by atoms with Gasteiger partial charge < -0.3 is 10.2 Å². The van der Waals surface area contributed by atoms with Crippen molar-refractivity contribution in [1.29, 1.82) is 0 Å². The van der Waals surface area contributed by atoms with Crippen LogP contribution in [0.15, 0.2) is 79.0 Å². The Balaban J connectivity index is 0.959. The van der Waals surface area contributed by atoms with Crippen molar-refractivity contribution < 1.29 is 4.79 Å². The second-order valence-electron chi connectivity index (χ2n) is 9.55. The minimum Gasteiger partial charge on any atom is -0.352 e. The summed E-state index contributed by atoms with van der Waals surface area (Å²) in [5.41, 5.74) is 5.69. The van der Waals surface area contributed by atoms with E-state index in [1.165, 1.54) is 33.0 Å². The number of carbonyl (C=O) groups is 1. The maximum absolute atomic E-state index is 12.7. The minimum absolute atomic E-state index is 0.0192. The summed E-state index contributed by atoms with van der Waals surface area (Å²) in [7, 11) is 0. The number of halogens is 1. The van der Waals surface area contributed by atoms with Crippen LogP contribution < -0.4 is 10.2 Å². The molecule has 182 valence electrons. The van der Waals surface area contributed by atoms with Crippen LogP contribution in [-0.4, -0.2) is 52.6 Å². The second-order valence-corrected chi connectivity index (χ2v) is 11.0. The zero-order chi connectivity index (χ0) is 24.5. The van der Waals surface area contributed by atoms with E-state index in [1.54, 1.807) is 0 Å². The molecule has 1 N–H and O–H groups in total. The number of amides is 1. The van der Waals surface area contributed by atoms with Crippen LogP contribution in [0.5, 0.6) is 0 Å². The Hall–Kier alpha value is -2.97. The number of benzene rings is 3. The van der Waals surface area contributed by atoms with E-state index in [1.807, 2.05) is 18.3 Å². The highest BCUT2D eigenvalue weighted by molar-refractivity contribution is 14.1. The number of anilines is 1. The molecule has 6 rings (SSSR count). The number of aromatic nitrogens is 1. The summed E-state index contributed by atoms with van der Waals surface area (Å²) < 4.78 is 0.384. The molecule has 1 aliphatic heterocycles. The standard InChI is InChI=1S/C30H29IN4O/c31-28-20-34(17-18-35(28)29-23-8-2-1-7-21(23)13-15-32-29)16-6-5-14-33-30(36)22-11-12-26-24-9-3-4-10-25(24)27(26)19-22/h1-4,7-13,15,19,28H,5-6,14,16-18,20H2,(H,33,36). The molecule has 1 fully saturated rings. The van der Waals surface area contributed by atoms with Crippen molar-refractivity contribution in [2.45, 2.75) is 16.9 Å². The van der Waals surface area contributed by atoms with Gasteiger partial charge in [0.15, 0.2) is 0 Å². The van der Waals surface area contributed by atoms with E-state index in [9.17, 15) is 4.79 Å². The number of fused-ring (bicyclic) bond motifs is 5. The van der Waals surface area contributed by atoms with Gasteiger partial charge in [-0.25, -0.2) is 4.98 Å². The van der Waals surface area contributed by atoms with Crippen molar-refractivity contribution in [3.63, 3.8) is 0 Å². The highest BCUT2D eigenvalue weighted by Crippen LogP contribution is 2.46. The van der Waals surface area contributed by atoms with E-state index in [-0.39, 0.29) is 5.91 Å². The fourth-order valence-corrected chi connectivity index (χ4v) is 6.46. The van der Waals surface area contributed by atoms with Crippen molar-refractivity contribution in [2.75, 3.05) is 37.6 Å². The molecule has 0 radical (unpaired) electrons. The van der Waals surface area contributed by atoms with Crippen LogP contribution in [0, 0.1) is 0 Å². The number of piperazine rings is 1. The van der Waals surface area contributed by atoms with E-state index in [2.05, 4.69) is 98.4 Å². The highest BCUT2D eigenvalue weighted by atomic mass is 127. The molecule has 6 heteroatoms. The predicted molar refractivity (Wildman–Crippen MR) is 156 cm³/mol. The molecule has 36 heavy (non-hydrogen) atoms. The number of hydrogen-bond donors (Lipinski definition) is 1. The number of pyridine rings is 1. The number of nitrogens with zero attached hydrogens (tertiary/aromatic N) is 3. The lowest BCUT2D eigenvalue weighted by Crippen LogP contribution is -2.51. The monoisotopic (exact) mass is 588 g/mol. The summed E-state index contributed by atoms with van der Waals surface area (Å²) in [6, 6.07) is 25.0. The minimum atomic E-state index is 0.0192. The van der Waals surface area contributed by atoms with Crippen LogP contribution in [0.2, 0.25) is 0 Å². The summed E-state index contributed by atoms with van der Waals surface area (Å²) in [6.07, 6.45) is 3.98. The summed E-state index contributed by atoms with van der Waals surface area (Å²) in [5.74, 6) is 1.11. The first-order valence-corrected chi connectivity index (χ1v) is 13.9.